The molecule has 1 N–H and O–H groups in total. The molecule has 0 aliphatic heterocycles. The third-order valence-corrected chi connectivity index (χ3v) is 4.14. The molecule has 0 spiro atoms. The van der Waals surface area contributed by atoms with Crippen LogP contribution in [0.4, 0.5) is 11.5 Å². The van der Waals surface area contributed by atoms with Crippen molar-refractivity contribution in [3.05, 3.63) is 78.8 Å². The van der Waals surface area contributed by atoms with Crippen molar-refractivity contribution in [2.45, 2.75) is 6.92 Å². The maximum atomic E-state index is 11.8. The summed E-state index contributed by atoms with van der Waals surface area (Å²) in [6, 6.07) is 17.2. The van der Waals surface area contributed by atoms with Crippen molar-refractivity contribution < 1.29 is 9.53 Å². The Morgan fingerprint density at radius 3 is 2.63 bits per heavy atom. The highest BCUT2D eigenvalue weighted by Crippen LogP contribution is 2.30. The third kappa shape index (κ3) is 3.37. The van der Waals surface area contributed by atoms with Crippen LogP contribution in [0.2, 0.25) is 0 Å². The minimum absolute atomic E-state index is 0.324. The van der Waals surface area contributed by atoms with E-state index in [1.807, 2.05) is 53.1 Å². The van der Waals surface area contributed by atoms with Gasteiger partial charge in [0.05, 0.1) is 18.4 Å². The van der Waals surface area contributed by atoms with Gasteiger partial charge >= 0.3 is 5.97 Å². The predicted molar refractivity (Wildman–Crippen MR) is 104 cm³/mol. The van der Waals surface area contributed by atoms with Gasteiger partial charge in [-0.05, 0) is 31.2 Å². The zero-order chi connectivity index (χ0) is 18.6. The van der Waals surface area contributed by atoms with E-state index < -0.39 is 0 Å². The Balaban J connectivity index is 1.72. The Morgan fingerprint density at radius 2 is 1.89 bits per heavy atom. The standard InChI is InChI=1S/C21H18N4O2/c1-2-27-21(26)16-8-10-17(11-9-16)23-20-19(15-6-4-3-5-7-15)24-18-14-22-12-13-25(18)20/h3-14,23H,2H2,1H3. The zero-order valence-corrected chi connectivity index (χ0v) is 14.8. The Bertz CT molecular complexity index is 1070. The van der Waals surface area contributed by atoms with Crippen LogP contribution in [0.5, 0.6) is 0 Å². The summed E-state index contributed by atoms with van der Waals surface area (Å²) in [6.07, 6.45) is 5.31. The minimum Gasteiger partial charge on any atom is -0.462 e. The van der Waals surface area contributed by atoms with Crippen LogP contribution in [-0.4, -0.2) is 26.9 Å². The molecule has 0 bridgehead atoms. The molecule has 0 amide bonds. The monoisotopic (exact) mass is 358 g/mol. The van der Waals surface area contributed by atoms with Crippen molar-refractivity contribution in [1.29, 1.82) is 0 Å². The second-order valence-electron chi connectivity index (χ2n) is 5.90. The average Bonchev–Trinajstić information content (AvgIpc) is 3.08. The summed E-state index contributed by atoms with van der Waals surface area (Å²) in [5, 5.41) is 3.41. The maximum absolute atomic E-state index is 11.8. The molecule has 134 valence electrons. The van der Waals surface area contributed by atoms with Gasteiger partial charge in [-0.25, -0.2) is 9.78 Å². The topological polar surface area (TPSA) is 68.5 Å². The van der Waals surface area contributed by atoms with Crippen molar-refractivity contribution in [1.82, 2.24) is 14.4 Å². The first-order chi connectivity index (χ1) is 13.3. The highest BCUT2D eigenvalue weighted by atomic mass is 16.5. The van der Waals surface area contributed by atoms with E-state index in [2.05, 4.69) is 10.3 Å². The Kier molecular flexibility index (Phi) is 4.53. The van der Waals surface area contributed by atoms with Crippen molar-refractivity contribution in [2.24, 2.45) is 0 Å². The fraction of sp³-hybridized carbons (Fsp3) is 0.0952. The van der Waals surface area contributed by atoms with Gasteiger partial charge in [0.1, 0.15) is 11.5 Å². The number of anilines is 2. The number of carbonyl (C=O) groups is 1. The first kappa shape index (κ1) is 16.8. The number of rotatable bonds is 5. The number of fused-ring (bicyclic) bond motifs is 1. The Morgan fingerprint density at radius 1 is 1.11 bits per heavy atom. The molecule has 0 aliphatic carbocycles. The number of hydrogen-bond donors (Lipinski definition) is 1. The van der Waals surface area contributed by atoms with Crippen LogP contribution in [0, 0.1) is 0 Å². The van der Waals surface area contributed by atoms with E-state index in [-0.39, 0.29) is 5.97 Å². The number of nitrogens with zero attached hydrogens (tertiary/aromatic N) is 3. The molecule has 4 aromatic rings. The summed E-state index contributed by atoms with van der Waals surface area (Å²) in [7, 11) is 0. The van der Waals surface area contributed by atoms with Crippen molar-refractivity contribution in [3.8, 4) is 11.3 Å². The molecule has 0 aliphatic rings. The minimum atomic E-state index is -0.324. The number of carbonyl (C=O) groups excluding carboxylic acids is 1. The number of hydrogen-bond acceptors (Lipinski definition) is 5. The van der Waals surface area contributed by atoms with Crippen molar-refractivity contribution >= 4 is 23.1 Å². The van der Waals surface area contributed by atoms with Gasteiger partial charge in [0.2, 0.25) is 0 Å². The molecule has 0 radical (unpaired) electrons. The van der Waals surface area contributed by atoms with Gasteiger partial charge in [-0.15, -0.1) is 0 Å². The molecule has 2 aromatic carbocycles. The number of nitrogens with one attached hydrogen (secondary N) is 1. The van der Waals surface area contributed by atoms with Gasteiger partial charge in [-0.2, -0.15) is 0 Å². The number of benzene rings is 2. The van der Waals surface area contributed by atoms with Crippen molar-refractivity contribution in [2.75, 3.05) is 11.9 Å². The van der Waals surface area contributed by atoms with Gasteiger partial charge in [0, 0.05) is 23.6 Å². The molecular formula is C21H18N4O2. The van der Waals surface area contributed by atoms with Gasteiger partial charge < -0.3 is 10.1 Å². The van der Waals surface area contributed by atoms with Crippen LogP contribution in [0.3, 0.4) is 0 Å². The second-order valence-corrected chi connectivity index (χ2v) is 5.90. The molecule has 27 heavy (non-hydrogen) atoms. The lowest BCUT2D eigenvalue weighted by atomic mass is 10.1. The first-order valence-electron chi connectivity index (χ1n) is 8.68. The van der Waals surface area contributed by atoms with Gasteiger partial charge in [-0.1, -0.05) is 30.3 Å². The van der Waals surface area contributed by atoms with E-state index in [1.165, 1.54) is 0 Å². The van der Waals surface area contributed by atoms with Crippen LogP contribution in [0.25, 0.3) is 16.9 Å². The van der Waals surface area contributed by atoms with Crippen LogP contribution in [-0.2, 0) is 4.74 Å². The van der Waals surface area contributed by atoms with E-state index in [1.54, 1.807) is 31.5 Å². The van der Waals surface area contributed by atoms with Crippen LogP contribution >= 0.6 is 0 Å². The molecule has 6 heteroatoms. The van der Waals surface area contributed by atoms with Gasteiger partial charge in [0.25, 0.3) is 0 Å². The van der Waals surface area contributed by atoms with E-state index in [4.69, 9.17) is 9.72 Å². The highest BCUT2D eigenvalue weighted by molar-refractivity contribution is 5.90. The average molecular weight is 358 g/mol. The largest absolute Gasteiger partial charge is 0.462 e. The summed E-state index contributed by atoms with van der Waals surface area (Å²) in [6.45, 7) is 2.15. The fourth-order valence-corrected chi connectivity index (χ4v) is 2.86. The maximum Gasteiger partial charge on any atom is 0.338 e. The molecule has 0 fully saturated rings. The molecule has 0 unspecified atom stereocenters. The summed E-state index contributed by atoms with van der Waals surface area (Å²) >= 11 is 0. The SMILES string of the molecule is CCOC(=O)c1ccc(Nc2c(-c3ccccc3)nc3cnccn23)cc1. The second kappa shape index (κ2) is 7.29. The molecule has 6 nitrogen and oxygen atoms in total. The first-order valence-corrected chi connectivity index (χ1v) is 8.68. The number of aromatic nitrogens is 3. The Labute approximate surface area is 156 Å². The molecule has 0 atom stereocenters. The molecule has 2 heterocycles. The summed E-state index contributed by atoms with van der Waals surface area (Å²) in [4.78, 5) is 20.7. The van der Waals surface area contributed by atoms with Crippen LogP contribution in [0.1, 0.15) is 17.3 Å². The van der Waals surface area contributed by atoms with Crippen LogP contribution < -0.4 is 5.32 Å². The number of imidazole rings is 1. The fourth-order valence-electron chi connectivity index (χ4n) is 2.86. The number of ether oxygens (including phenoxy) is 1. The smallest absolute Gasteiger partial charge is 0.338 e. The molecule has 2 aromatic heterocycles. The van der Waals surface area contributed by atoms with Gasteiger partial charge in [0.15, 0.2) is 5.65 Å². The van der Waals surface area contributed by atoms with Crippen molar-refractivity contribution in [3.63, 3.8) is 0 Å². The molecule has 0 saturated carbocycles. The normalized spacial score (nSPS) is 10.7. The molecular weight excluding hydrogens is 340 g/mol. The zero-order valence-electron chi connectivity index (χ0n) is 14.8. The lowest BCUT2D eigenvalue weighted by Crippen LogP contribution is -2.04. The number of esters is 1. The Hall–Kier alpha value is -3.67. The molecule has 0 saturated heterocycles. The lowest BCUT2D eigenvalue weighted by molar-refractivity contribution is 0.0526. The predicted octanol–water partition coefficient (Wildman–Crippen LogP) is 4.32. The highest BCUT2D eigenvalue weighted by Gasteiger charge is 2.14. The summed E-state index contributed by atoms with van der Waals surface area (Å²) in [5.41, 5.74) is 3.96. The summed E-state index contributed by atoms with van der Waals surface area (Å²) < 4.78 is 6.98. The lowest BCUT2D eigenvalue weighted by Gasteiger charge is -2.09. The van der Waals surface area contributed by atoms with Gasteiger partial charge in [-0.3, -0.25) is 9.38 Å². The van der Waals surface area contributed by atoms with Crippen LogP contribution in [0.15, 0.2) is 73.2 Å². The third-order valence-electron chi connectivity index (χ3n) is 4.14. The van der Waals surface area contributed by atoms with E-state index in [0.29, 0.717) is 12.2 Å². The van der Waals surface area contributed by atoms with E-state index >= 15 is 0 Å². The summed E-state index contributed by atoms with van der Waals surface area (Å²) in [5.74, 6) is 0.511. The quantitative estimate of drug-likeness (QED) is 0.538. The van der Waals surface area contributed by atoms with E-state index in [9.17, 15) is 4.79 Å². The molecule has 4 rings (SSSR count). The van der Waals surface area contributed by atoms with E-state index in [0.717, 1.165) is 28.4 Å².